The van der Waals surface area contributed by atoms with Gasteiger partial charge in [0.1, 0.15) is 5.52 Å². The van der Waals surface area contributed by atoms with Crippen molar-refractivity contribution in [2.24, 2.45) is 5.41 Å². The number of amides is 2. The zero-order valence-electron chi connectivity index (χ0n) is 13.7. The van der Waals surface area contributed by atoms with E-state index in [1.165, 1.54) is 6.39 Å². The van der Waals surface area contributed by atoms with Crippen LogP contribution in [0.3, 0.4) is 0 Å². The Hall–Kier alpha value is -2.37. The smallest absolute Gasteiger partial charge is 0.254 e. The highest BCUT2D eigenvalue weighted by atomic mass is 16.3. The Labute approximate surface area is 135 Å². The summed E-state index contributed by atoms with van der Waals surface area (Å²) >= 11 is 0. The lowest BCUT2D eigenvalue weighted by Crippen LogP contribution is -2.53. The van der Waals surface area contributed by atoms with Crippen molar-refractivity contribution in [1.82, 2.24) is 14.8 Å². The number of hydrogen-bond donors (Lipinski definition) is 0. The van der Waals surface area contributed by atoms with Crippen molar-refractivity contribution in [3.8, 4) is 0 Å². The lowest BCUT2D eigenvalue weighted by Gasteiger charge is -2.37. The number of hydrogen-bond acceptors (Lipinski definition) is 4. The molecule has 0 saturated carbocycles. The number of nitrogens with zero attached hydrogens (tertiary/aromatic N) is 3. The average molecular weight is 315 g/mol. The van der Waals surface area contributed by atoms with Gasteiger partial charge in [-0.15, -0.1) is 0 Å². The summed E-state index contributed by atoms with van der Waals surface area (Å²) in [5, 5.41) is 0. The molecule has 2 aromatic rings. The minimum atomic E-state index is -0.385. The summed E-state index contributed by atoms with van der Waals surface area (Å²) < 4.78 is 5.19. The average Bonchev–Trinajstić information content (AvgIpc) is 3.00. The first-order chi connectivity index (χ1) is 10.9. The third-order valence-electron chi connectivity index (χ3n) is 4.07. The fourth-order valence-electron chi connectivity index (χ4n) is 2.76. The van der Waals surface area contributed by atoms with Crippen LogP contribution in [-0.2, 0) is 4.79 Å². The first-order valence-corrected chi connectivity index (χ1v) is 7.78. The van der Waals surface area contributed by atoms with Crippen LogP contribution in [0.25, 0.3) is 11.1 Å². The Morgan fingerprint density at radius 2 is 1.74 bits per heavy atom. The summed E-state index contributed by atoms with van der Waals surface area (Å²) in [4.78, 5) is 32.6. The summed E-state index contributed by atoms with van der Waals surface area (Å²) in [6.07, 6.45) is 1.37. The number of aromatic nitrogens is 1. The maximum atomic E-state index is 12.6. The van der Waals surface area contributed by atoms with Gasteiger partial charge in [0, 0.05) is 37.2 Å². The van der Waals surface area contributed by atoms with Crippen LogP contribution in [-0.4, -0.2) is 52.8 Å². The molecule has 1 aliphatic rings. The third kappa shape index (κ3) is 3.06. The van der Waals surface area contributed by atoms with Gasteiger partial charge >= 0.3 is 0 Å². The minimum Gasteiger partial charge on any atom is -0.443 e. The highest BCUT2D eigenvalue weighted by molar-refractivity contribution is 5.97. The quantitative estimate of drug-likeness (QED) is 0.809. The van der Waals surface area contributed by atoms with E-state index < -0.39 is 0 Å². The number of carbonyl (C=O) groups is 2. The topological polar surface area (TPSA) is 66.7 Å². The molecule has 1 aromatic heterocycles. The van der Waals surface area contributed by atoms with Crippen molar-refractivity contribution in [1.29, 1.82) is 0 Å². The van der Waals surface area contributed by atoms with Gasteiger partial charge in [0.2, 0.25) is 5.91 Å². The molecule has 1 aromatic carbocycles. The van der Waals surface area contributed by atoms with E-state index >= 15 is 0 Å². The maximum absolute atomic E-state index is 12.6. The molecule has 1 fully saturated rings. The monoisotopic (exact) mass is 315 g/mol. The first kappa shape index (κ1) is 15.5. The van der Waals surface area contributed by atoms with Gasteiger partial charge in [-0.05, 0) is 18.2 Å². The Bertz CT molecular complexity index is 737. The van der Waals surface area contributed by atoms with Crippen molar-refractivity contribution in [2.45, 2.75) is 20.8 Å². The van der Waals surface area contributed by atoms with E-state index in [0.29, 0.717) is 42.8 Å². The largest absolute Gasteiger partial charge is 0.443 e. The van der Waals surface area contributed by atoms with Crippen molar-refractivity contribution < 1.29 is 14.0 Å². The molecule has 0 spiro atoms. The van der Waals surface area contributed by atoms with E-state index in [1.807, 2.05) is 25.7 Å². The van der Waals surface area contributed by atoms with Gasteiger partial charge in [0.15, 0.2) is 12.0 Å². The molecular weight excluding hydrogens is 294 g/mol. The maximum Gasteiger partial charge on any atom is 0.254 e. The van der Waals surface area contributed by atoms with E-state index in [0.717, 1.165) is 0 Å². The molecule has 2 amide bonds. The van der Waals surface area contributed by atoms with Crippen LogP contribution in [0, 0.1) is 5.41 Å². The Kier molecular flexibility index (Phi) is 3.83. The van der Waals surface area contributed by atoms with Crippen LogP contribution < -0.4 is 0 Å². The van der Waals surface area contributed by atoms with Gasteiger partial charge in [-0.25, -0.2) is 4.98 Å². The van der Waals surface area contributed by atoms with Gasteiger partial charge in [-0.2, -0.15) is 0 Å². The molecule has 2 heterocycles. The number of benzene rings is 1. The Morgan fingerprint density at radius 1 is 1.09 bits per heavy atom. The van der Waals surface area contributed by atoms with Crippen LogP contribution in [0.1, 0.15) is 31.1 Å². The lowest BCUT2D eigenvalue weighted by molar-refractivity contribution is -0.140. The molecular formula is C17H21N3O3. The second kappa shape index (κ2) is 5.68. The van der Waals surface area contributed by atoms with Crippen LogP contribution in [0.5, 0.6) is 0 Å². The Morgan fingerprint density at radius 3 is 2.39 bits per heavy atom. The van der Waals surface area contributed by atoms with E-state index in [9.17, 15) is 9.59 Å². The first-order valence-electron chi connectivity index (χ1n) is 7.78. The lowest BCUT2D eigenvalue weighted by atomic mass is 9.94. The zero-order valence-corrected chi connectivity index (χ0v) is 13.7. The van der Waals surface area contributed by atoms with E-state index in [2.05, 4.69) is 4.98 Å². The predicted molar refractivity (Wildman–Crippen MR) is 85.9 cm³/mol. The van der Waals surface area contributed by atoms with Crippen LogP contribution in [0.15, 0.2) is 29.0 Å². The van der Waals surface area contributed by atoms with E-state index in [1.54, 1.807) is 23.1 Å². The molecule has 1 aliphatic heterocycles. The van der Waals surface area contributed by atoms with Gasteiger partial charge in [-0.3, -0.25) is 9.59 Å². The van der Waals surface area contributed by atoms with Crippen LogP contribution >= 0.6 is 0 Å². The standard InChI is InChI=1S/C17H21N3O3/c1-17(2,3)16(22)20-8-6-19(7-9-20)15(21)12-4-5-14-13(10-12)18-11-23-14/h4-5,10-11H,6-9H2,1-3H3. The summed E-state index contributed by atoms with van der Waals surface area (Å²) in [6.45, 7) is 8.01. The van der Waals surface area contributed by atoms with Crippen molar-refractivity contribution in [2.75, 3.05) is 26.2 Å². The zero-order chi connectivity index (χ0) is 16.6. The second-order valence-electron chi connectivity index (χ2n) is 6.87. The molecule has 3 rings (SSSR count). The molecule has 23 heavy (non-hydrogen) atoms. The fraction of sp³-hybridized carbons (Fsp3) is 0.471. The SMILES string of the molecule is CC(C)(C)C(=O)N1CCN(C(=O)c2ccc3ocnc3c2)CC1. The van der Waals surface area contributed by atoms with Crippen molar-refractivity contribution in [3.05, 3.63) is 30.2 Å². The molecule has 122 valence electrons. The van der Waals surface area contributed by atoms with Crippen LogP contribution in [0.2, 0.25) is 0 Å². The highest BCUT2D eigenvalue weighted by Crippen LogP contribution is 2.20. The number of carbonyl (C=O) groups excluding carboxylic acids is 2. The summed E-state index contributed by atoms with van der Waals surface area (Å²) in [5.74, 6) is 0.103. The molecule has 0 aliphatic carbocycles. The molecule has 0 radical (unpaired) electrons. The molecule has 0 atom stereocenters. The second-order valence-corrected chi connectivity index (χ2v) is 6.87. The number of oxazole rings is 1. The molecule has 0 unspecified atom stereocenters. The predicted octanol–water partition coefficient (Wildman–Crippen LogP) is 2.16. The molecule has 0 N–H and O–H groups in total. The van der Waals surface area contributed by atoms with Gasteiger partial charge in [-0.1, -0.05) is 20.8 Å². The van der Waals surface area contributed by atoms with E-state index in [4.69, 9.17) is 4.42 Å². The summed E-state index contributed by atoms with van der Waals surface area (Å²) in [6, 6.07) is 5.26. The third-order valence-corrected chi connectivity index (χ3v) is 4.07. The van der Waals surface area contributed by atoms with Crippen molar-refractivity contribution >= 4 is 22.9 Å². The van der Waals surface area contributed by atoms with Gasteiger partial charge in [0.05, 0.1) is 0 Å². The Balaban J connectivity index is 1.67. The normalized spacial score (nSPS) is 16.0. The number of piperazine rings is 1. The van der Waals surface area contributed by atoms with Gasteiger partial charge in [0.25, 0.3) is 5.91 Å². The summed E-state index contributed by atoms with van der Waals surface area (Å²) in [5.41, 5.74) is 1.56. The minimum absolute atomic E-state index is 0.0299. The van der Waals surface area contributed by atoms with Crippen molar-refractivity contribution in [3.63, 3.8) is 0 Å². The number of rotatable bonds is 1. The highest BCUT2D eigenvalue weighted by Gasteiger charge is 2.31. The fourth-order valence-corrected chi connectivity index (χ4v) is 2.76. The summed E-state index contributed by atoms with van der Waals surface area (Å²) in [7, 11) is 0. The number of fused-ring (bicyclic) bond motifs is 1. The van der Waals surface area contributed by atoms with Crippen LogP contribution in [0.4, 0.5) is 0 Å². The molecule has 1 saturated heterocycles. The van der Waals surface area contributed by atoms with Gasteiger partial charge < -0.3 is 14.2 Å². The molecule has 0 bridgehead atoms. The van der Waals surface area contributed by atoms with E-state index in [-0.39, 0.29) is 17.2 Å². The molecule has 6 heteroatoms. The molecule has 6 nitrogen and oxygen atoms in total.